The number of ketones is 1. The predicted molar refractivity (Wildman–Crippen MR) is 128 cm³/mol. The molecule has 2 aromatic rings. The van der Waals surface area contributed by atoms with Crippen molar-refractivity contribution in [2.24, 2.45) is 0 Å². The monoisotopic (exact) mass is 460 g/mol. The lowest BCUT2D eigenvalue weighted by atomic mass is 9.83. The number of carbonyl (C=O) groups is 4. The molecule has 0 radical (unpaired) electrons. The van der Waals surface area contributed by atoms with Crippen molar-refractivity contribution in [1.29, 1.82) is 0 Å². The number of anilines is 1. The molecule has 2 heterocycles. The van der Waals surface area contributed by atoms with E-state index in [1.54, 1.807) is 0 Å². The molecular formula is C27H28N2O5. The number of fused-ring (bicyclic) bond motifs is 2. The van der Waals surface area contributed by atoms with Crippen LogP contribution < -0.4 is 4.90 Å². The Morgan fingerprint density at radius 1 is 1.03 bits per heavy atom. The molecule has 0 spiro atoms. The molecule has 0 fully saturated rings. The minimum atomic E-state index is -0.718. The highest BCUT2D eigenvalue weighted by molar-refractivity contribution is 6.22. The Bertz CT molecular complexity index is 1230. The number of carbonyl (C=O) groups excluding carboxylic acids is 4. The molecule has 34 heavy (non-hydrogen) atoms. The fraction of sp³-hybridized carbons (Fsp3) is 0.333. The van der Waals surface area contributed by atoms with Crippen LogP contribution in [0.4, 0.5) is 5.69 Å². The molecule has 0 aromatic heterocycles. The number of para-hydroxylation sites is 1. The van der Waals surface area contributed by atoms with Gasteiger partial charge in [0, 0.05) is 36.5 Å². The summed E-state index contributed by atoms with van der Waals surface area (Å²) in [5.74, 6) is -1.81. The maximum atomic E-state index is 12.7. The fourth-order valence-corrected chi connectivity index (χ4v) is 4.61. The van der Waals surface area contributed by atoms with Gasteiger partial charge in [0.15, 0.2) is 12.4 Å². The summed E-state index contributed by atoms with van der Waals surface area (Å²) in [6.07, 6.45) is 3.09. The molecule has 0 N–H and O–H groups in total. The highest BCUT2D eigenvalue weighted by Crippen LogP contribution is 2.46. The Morgan fingerprint density at radius 3 is 2.44 bits per heavy atom. The van der Waals surface area contributed by atoms with Crippen LogP contribution >= 0.6 is 0 Å². The van der Waals surface area contributed by atoms with E-state index in [9.17, 15) is 19.2 Å². The maximum absolute atomic E-state index is 12.7. The van der Waals surface area contributed by atoms with Crippen LogP contribution in [0.3, 0.4) is 0 Å². The van der Waals surface area contributed by atoms with E-state index in [2.05, 4.69) is 0 Å². The van der Waals surface area contributed by atoms with Crippen molar-refractivity contribution >= 4 is 29.3 Å². The average molecular weight is 461 g/mol. The molecular weight excluding hydrogens is 432 g/mol. The summed E-state index contributed by atoms with van der Waals surface area (Å²) in [5.41, 5.74) is 3.22. The van der Waals surface area contributed by atoms with Crippen molar-refractivity contribution < 1.29 is 23.9 Å². The third kappa shape index (κ3) is 3.91. The minimum absolute atomic E-state index is 0.128. The van der Waals surface area contributed by atoms with Crippen molar-refractivity contribution in [3.63, 3.8) is 0 Å². The second-order valence-electron chi connectivity index (χ2n) is 9.15. The topological polar surface area (TPSA) is 84.0 Å². The van der Waals surface area contributed by atoms with E-state index in [1.165, 1.54) is 29.2 Å². The molecule has 0 bridgehead atoms. The molecule has 176 valence electrons. The van der Waals surface area contributed by atoms with Crippen LogP contribution in [0, 0.1) is 0 Å². The first-order valence-electron chi connectivity index (χ1n) is 11.4. The largest absolute Gasteiger partial charge is 0.454 e. The fourth-order valence-electron chi connectivity index (χ4n) is 4.61. The maximum Gasteiger partial charge on any atom is 0.338 e. The number of likely N-dealkylation sites (N-methyl/N-ethyl adjacent to an activating group) is 1. The number of esters is 1. The van der Waals surface area contributed by atoms with Gasteiger partial charge in [-0.05, 0) is 36.2 Å². The molecule has 2 aromatic carbocycles. The SMILES string of the molecule is CCCCN1C(=O)c2ccc(C(=O)OCC(=O)C=C3N(C)c4ccccc4C3(C)C)cc2C1=O. The summed E-state index contributed by atoms with van der Waals surface area (Å²) in [4.78, 5) is 53.5. The number of rotatable bonds is 7. The number of imide groups is 1. The summed E-state index contributed by atoms with van der Waals surface area (Å²) in [6.45, 7) is 6.00. The molecule has 2 amide bonds. The van der Waals surface area contributed by atoms with E-state index in [0.717, 1.165) is 29.8 Å². The van der Waals surface area contributed by atoms with Gasteiger partial charge in [-0.3, -0.25) is 19.3 Å². The zero-order chi connectivity index (χ0) is 24.6. The van der Waals surface area contributed by atoms with Gasteiger partial charge in [0.05, 0.1) is 16.7 Å². The number of hydrogen-bond acceptors (Lipinski definition) is 6. The van der Waals surface area contributed by atoms with Gasteiger partial charge in [-0.25, -0.2) is 4.79 Å². The van der Waals surface area contributed by atoms with E-state index in [4.69, 9.17) is 4.74 Å². The summed E-state index contributed by atoms with van der Waals surface area (Å²) in [5, 5.41) is 0. The standard InChI is InChI=1S/C27H28N2O5/c1-5-6-13-29-24(31)19-12-11-17(14-20(19)25(29)32)26(33)34-16-18(30)15-23-27(2,3)21-9-7-8-10-22(21)28(23)4/h7-12,14-15H,5-6,13,16H2,1-4H3. The average Bonchev–Trinajstić information content (AvgIpc) is 3.18. The third-order valence-electron chi connectivity index (χ3n) is 6.53. The van der Waals surface area contributed by atoms with E-state index in [0.29, 0.717) is 6.54 Å². The second kappa shape index (κ2) is 8.89. The third-order valence-corrected chi connectivity index (χ3v) is 6.53. The first kappa shape index (κ1) is 23.4. The Kier molecular flexibility index (Phi) is 6.13. The lowest BCUT2D eigenvalue weighted by Crippen LogP contribution is -2.30. The van der Waals surface area contributed by atoms with Crippen LogP contribution in [0.2, 0.25) is 0 Å². The molecule has 0 saturated carbocycles. The van der Waals surface area contributed by atoms with Crippen LogP contribution in [-0.4, -0.2) is 48.7 Å². The van der Waals surface area contributed by atoms with Crippen molar-refractivity contribution in [2.45, 2.75) is 39.0 Å². The van der Waals surface area contributed by atoms with Gasteiger partial charge in [-0.15, -0.1) is 0 Å². The lowest BCUT2D eigenvalue weighted by molar-refractivity contribution is -0.117. The van der Waals surface area contributed by atoms with E-state index in [1.807, 2.05) is 57.0 Å². The first-order valence-corrected chi connectivity index (χ1v) is 11.4. The van der Waals surface area contributed by atoms with Crippen LogP contribution in [0.25, 0.3) is 0 Å². The number of unbranched alkanes of at least 4 members (excludes halogenated alkanes) is 1. The van der Waals surface area contributed by atoms with Gasteiger partial charge in [-0.2, -0.15) is 0 Å². The van der Waals surface area contributed by atoms with E-state index < -0.39 is 18.5 Å². The second-order valence-corrected chi connectivity index (χ2v) is 9.15. The van der Waals surface area contributed by atoms with Gasteiger partial charge in [0.25, 0.3) is 11.8 Å². The molecule has 0 aliphatic carbocycles. The van der Waals surface area contributed by atoms with Gasteiger partial charge < -0.3 is 9.64 Å². The Morgan fingerprint density at radius 2 is 1.74 bits per heavy atom. The molecule has 0 saturated heterocycles. The highest BCUT2D eigenvalue weighted by atomic mass is 16.5. The molecule has 2 aliphatic rings. The molecule has 7 heteroatoms. The van der Waals surface area contributed by atoms with Crippen LogP contribution in [0.1, 0.15) is 70.3 Å². The summed E-state index contributed by atoms with van der Waals surface area (Å²) in [6, 6.07) is 12.3. The van der Waals surface area contributed by atoms with Crippen molar-refractivity contribution in [3.05, 3.63) is 76.5 Å². The molecule has 4 rings (SSSR count). The molecule has 7 nitrogen and oxygen atoms in total. The number of hydrogen-bond donors (Lipinski definition) is 0. The van der Waals surface area contributed by atoms with Crippen molar-refractivity contribution in [2.75, 3.05) is 25.1 Å². The highest BCUT2D eigenvalue weighted by Gasteiger charge is 2.39. The summed E-state index contributed by atoms with van der Waals surface area (Å²) >= 11 is 0. The van der Waals surface area contributed by atoms with Crippen LogP contribution in [0.15, 0.2) is 54.2 Å². The van der Waals surface area contributed by atoms with Gasteiger partial charge in [0.1, 0.15) is 0 Å². The smallest absolute Gasteiger partial charge is 0.338 e. The predicted octanol–water partition coefficient (Wildman–Crippen LogP) is 4.12. The van der Waals surface area contributed by atoms with Crippen molar-refractivity contribution in [3.8, 4) is 0 Å². The zero-order valence-corrected chi connectivity index (χ0v) is 19.9. The lowest BCUT2D eigenvalue weighted by Gasteiger charge is -2.23. The van der Waals surface area contributed by atoms with Gasteiger partial charge in [0.2, 0.25) is 0 Å². The van der Waals surface area contributed by atoms with Gasteiger partial charge >= 0.3 is 5.97 Å². The molecule has 0 atom stereocenters. The van der Waals surface area contributed by atoms with Gasteiger partial charge in [-0.1, -0.05) is 45.4 Å². The van der Waals surface area contributed by atoms with Crippen LogP contribution in [0.5, 0.6) is 0 Å². The minimum Gasteiger partial charge on any atom is -0.454 e. The van der Waals surface area contributed by atoms with Crippen LogP contribution in [-0.2, 0) is 14.9 Å². The Labute approximate surface area is 199 Å². The number of allylic oxidation sites excluding steroid dienone is 1. The summed E-state index contributed by atoms with van der Waals surface area (Å²) in [7, 11) is 1.91. The quantitative estimate of drug-likeness (QED) is 0.351. The Balaban J connectivity index is 1.44. The molecule has 2 aliphatic heterocycles. The first-order chi connectivity index (χ1) is 16.2. The Hall–Kier alpha value is -3.74. The molecule has 0 unspecified atom stereocenters. The van der Waals surface area contributed by atoms with E-state index >= 15 is 0 Å². The zero-order valence-electron chi connectivity index (χ0n) is 19.9. The number of benzene rings is 2. The number of amides is 2. The number of ether oxygens (including phenoxy) is 1. The number of nitrogens with zero attached hydrogens (tertiary/aromatic N) is 2. The van der Waals surface area contributed by atoms with Crippen molar-refractivity contribution in [1.82, 2.24) is 4.90 Å². The summed E-state index contributed by atoms with van der Waals surface area (Å²) < 4.78 is 5.23. The normalized spacial score (nSPS) is 17.2. The van der Waals surface area contributed by atoms with E-state index in [-0.39, 0.29) is 33.8 Å².